The molecule has 0 saturated heterocycles. The van der Waals surface area contributed by atoms with Crippen LogP contribution in [0.5, 0.6) is 5.75 Å². The lowest BCUT2D eigenvalue weighted by atomic mass is 9.79. The van der Waals surface area contributed by atoms with Gasteiger partial charge in [-0.2, -0.15) is 5.10 Å². The second-order valence-electron chi connectivity index (χ2n) is 8.40. The van der Waals surface area contributed by atoms with Crippen molar-refractivity contribution in [2.75, 3.05) is 0 Å². The lowest BCUT2D eigenvalue weighted by molar-refractivity contribution is -0.351. The highest BCUT2D eigenvalue weighted by atomic mass is 35.5. The van der Waals surface area contributed by atoms with Gasteiger partial charge in [0.05, 0.1) is 23.4 Å². The van der Waals surface area contributed by atoms with Crippen molar-refractivity contribution in [3.8, 4) is 5.75 Å². The van der Waals surface area contributed by atoms with Gasteiger partial charge in [0.2, 0.25) is 0 Å². The standard InChI is InChI=1S/C22H22ClF4N3O4/c1-11(2-3-30-10-13(9-28-30)12-4-14(5-12)34-22(25,26)27)29-21(32)20-8-18(31)15-6-16(23)17(24)7-19(15)33-20/h6-7,9-10,12,14,18,20,31H,1-5,8H2,(H,29,32)/t12-,14+,18-,20+/m1/s1. The lowest BCUT2D eigenvalue weighted by Crippen LogP contribution is -2.41. The smallest absolute Gasteiger partial charge is 0.480 e. The minimum absolute atomic E-state index is 0.0307. The van der Waals surface area contributed by atoms with Crippen LogP contribution in [0.1, 0.15) is 48.8 Å². The number of aliphatic hydroxyl groups is 1. The zero-order valence-electron chi connectivity index (χ0n) is 17.8. The Morgan fingerprint density at radius 3 is 2.79 bits per heavy atom. The molecule has 0 bridgehead atoms. The summed E-state index contributed by atoms with van der Waals surface area (Å²) in [6, 6.07) is 2.30. The number of benzene rings is 1. The summed E-state index contributed by atoms with van der Waals surface area (Å²) in [6.45, 7) is 4.20. The number of rotatable bonds is 7. The number of halogens is 5. The summed E-state index contributed by atoms with van der Waals surface area (Å²) in [7, 11) is 0. The highest BCUT2D eigenvalue weighted by molar-refractivity contribution is 6.30. The fraction of sp³-hybridized carbons (Fsp3) is 0.455. The predicted octanol–water partition coefficient (Wildman–Crippen LogP) is 4.36. The Morgan fingerprint density at radius 1 is 1.35 bits per heavy atom. The van der Waals surface area contributed by atoms with Crippen molar-refractivity contribution in [1.29, 1.82) is 0 Å². The van der Waals surface area contributed by atoms with E-state index in [1.165, 1.54) is 6.07 Å². The van der Waals surface area contributed by atoms with Crippen LogP contribution in [0.15, 0.2) is 36.8 Å². The highest BCUT2D eigenvalue weighted by Gasteiger charge is 2.41. The second kappa shape index (κ2) is 9.55. The summed E-state index contributed by atoms with van der Waals surface area (Å²) in [5, 5.41) is 17.0. The molecular formula is C22H22ClF4N3O4. The van der Waals surface area contributed by atoms with Crippen LogP contribution in [0.25, 0.3) is 0 Å². The van der Waals surface area contributed by atoms with E-state index in [9.17, 15) is 27.5 Å². The van der Waals surface area contributed by atoms with E-state index >= 15 is 0 Å². The number of carbonyl (C=O) groups is 1. The van der Waals surface area contributed by atoms with Gasteiger partial charge >= 0.3 is 6.36 Å². The number of hydrogen-bond donors (Lipinski definition) is 2. The van der Waals surface area contributed by atoms with Crippen LogP contribution >= 0.6 is 11.6 Å². The molecule has 1 aromatic carbocycles. The number of ether oxygens (including phenoxy) is 2. The Hall–Kier alpha value is -2.63. The van der Waals surface area contributed by atoms with E-state index in [4.69, 9.17) is 16.3 Å². The van der Waals surface area contributed by atoms with Crippen molar-refractivity contribution in [3.05, 3.63) is 58.8 Å². The summed E-state index contributed by atoms with van der Waals surface area (Å²) in [4.78, 5) is 12.6. The molecule has 12 heteroatoms. The summed E-state index contributed by atoms with van der Waals surface area (Å²) >= 11 is 5.74. The first kappa shape index (κ1) is 24.5. The Labute approximate surface area is 197 Å². The van der Waals surface area contributed by atoms with Gasteiger partial charge in [-0.15, -0.1) is 13.2 Å². The molecule has 0 radical (unpaired) electrons. The molecular weight excluding hydrogens is 482 g/mol. The molecule has 2 N–H and O–H groups in total. The first-order chi connectivity index (χ1) is 16.0. The summed E-state index contributed by atoms with van der Waals surface area (Å²) in [6.07, 6.45) is -3.31. The third kappa shape index (κ3) is 5.70. The number of amides is 1. The molecule has 1 aliphatic carbocycles. The van der Waals surface area contributed by atoms with Crippen molar-refractivity contribution in [3.63, 3.8) is 0 Å². The molecule has 4 rings (SSSR count). The summed E-state index contributed by atoms with van der Waals surface area (Å²) in [5.41, 5.74) is 1.52. The molecule has 1 fully saturated rings. The number of nitrogens with zero attached hydrogens (tertiary/aromatic N) is 2. The maximum absolute atomic E-state index is 13.7. The largest absolute Gasteiger partial charge is 0.522 e. The maximum Gasteiger partial charge on any atom is 0.522 e. The number of hydrogen-bond acceptors (Lipinski definition) is 5. The van der Waals surface area contributed by atoms with Crippen molar-refractivity contribution in [2.45, 2.75) is 62.8 Å². The lowest BCUT2D eigenvalue weighted by Gasteiger charge is -2.34. The number of aryl methyl sites for hydroxylation is 1. The SMILES string of the molecule is C=C(CCn1cc([C@H]2C[C@@H](OC(F)(F)F)C2)cn1)NC(=O)[C@@H]1C[C@@H](O)c2cc(Cl)c(F)cc2O1. The van der Waals surface area contributed by atoms with Gasteiger partial charge in [0.1, 0.15) is 11.6 Å². The first-order valence-electron chi connectivity index (χ1n) is 10.6. The molecule has 1 aliphatic heterocycles. The zero-order valence-corrected chi connectivity index (χ0v) is 18.6. The molecule has 2 aromatic rings. The highest BCUT2D eigenvalue weighted by Crippen LogP contribution is 2.41. The predicted molar refractivity (Wildman–Crippen MR) is 112 cm³/mol. The molecule has 2 aliphatic rings. The van der Waals surface area contributed by atoms with Crippen molar-refractivity contribution >= 4 is 17.5 Å². The normalized spacial score (nSPS) is 24.1. The molecule has 1 amide bonds. The van der Waals surface area contributed by atoms with Crippen molar-refractivity contribution in [1.82, 2.24) is 15.1 Å². The monoisotopic (exact) mass is 503 g/mol. The van der Waals surface area contributed by atoms with Crippen LogP contribution in [-0.4, -0.2) is 39.4 Å². The molecule has 0 spiro atoms. The fourth-order valence-corrected chi connectivity index (χ4v) is 4.17. The number of allylic oxidation sites excluding steroid dienone is 1. The van der Waals surface area contributed by atoms with Gasteiger partial charge in [0.25, 0.3) is 5.91 Å². The van der Waals surface area contributed by atoms with Gasteiger partial charge < -0.3 is 15.2 Å². The molecule has 1 saturated carbocycles. The van der Waals surface area contributed by atoms with Crippen LogP contribution in [0, 0.1) is 5.82 Å². The maximum atomic E-state index is 13.7. The number of aliphatic hydroxyl groups excluding tert-OH is 1. The van der Waals surface area contributed by atoms with Gasteiger partial charge in [-0.3, -0.25) is 14.2 Å². The number of fused-ring (bicyclic) bond motifs is 1. The molecule has 0 unspecified atom stereocenters. The number of carbonyl (C=O) groups excluding carboxylic acids is 1. The molecule has 1 aromatic heterocycles. The van der Waals surface area contributed by atoms with Gasteiger partial charge in [-0.1, -0.05) is 18.2 Å². The molecule has 7 nitrogen and oxygen atoms in total. The summed E-state index contributed by atoms with van der Waals surface area (Å²) in [5.74, 6) is -1.24. The van der Waals surface area contributed by atoms with E-state index in [1.807, 2.05) is 0 Å². The summed E-state index contributed by atoms with van der Waals surface area (Å²) < 4.78 is 61.6. The number of alkyl halides is 3. The quantitative estimate of drug-likeness (QED) is 0.548. The average Bonchev–Trinajstić information content (AvgIpc) is 3.18. The van der Waals surface area contributed by atoms with Crippen molar-refractivity contribution < 1.29 is 36.9 Å². The van der Waals surface area contributed by atoms with Gasteiger partial charge in [-0.05, 0) is 30.4 Å². The van der Waals surface area contributed by atoms with E-state index in [0.717, 1.165) is 11.6 Å². The van der Waals surface area contributed by atoms with Gasteiger partial charge in [-0.25, -0.2) is 4.39 Å². The van der Waals surface area contributed by atoms with Crippen LogP contribution < -0.4 is 10.1 Å². The topological polar surface area (TPSA) is 85.6 Å². The minimum Gasteiger partial charge on any atom is -0.480 e. The van der Waals surface area contributed by atoms with E-state index in [2.05, 4.69) is 21.7 Å². The van der Waals surface area contributed by atoms with Crippen LogP contribution in [0.4, 0.5) is 17.6 Å². The zero-order chi connectivity index (χ0) is 24.6. The second-order valence-corrected chi connectivity index (χ2v) is 8.80. The van der Waals surface area contributed by atoms with E-state index in [-0.39, 0.29) is 36.0 Å². The van der Waals surface area contributed by atoms with E-state index < -0.39 is 36.4 Å². The third-order valence-electron chi connectivity index (χ3n) is 5.87. The minimum atomic E-state index is -4.63. The Bertz CT molecular complexity index is 1080. The number of aromatic nitrogens is 2. The van der Waals surface area contributed by atoms with Crippen molar-refractivity contribution in [2.24, 2.45) is 0 Å². The van der Waals surface area contributed by atoms with E-state index in [0.29, 0.717) is 24.2 Å². The van der Waals surface area contributed by atoms with Gasteiger partial charge in [0, 0.05) is 42.9 Å². The molecule has 2 atom stereocenters. The van der Waals surface area contributed by atoms with Crippen LogP contribution in [-0.2, 0) is 16.1 Å². The third-order valence-corrected chi connectivity index (χ3v) is 6.16. The average molecular weight is 504 g/mol. The fourth-order valence-electron chi connectivity index (χ4n) is 4.00. The molecule has 184 valence electrons. The number of nitrogens with one attached hydrogen (secondary N) is 1. The van der Waals surface area contributed by atoms with E-state index in [1.54, 1.807) is 17.1 Å². The molecule has 2 heterocycles. The Morgan fingerprint density at radius 2 is 2.09 bits per heavy atom. The first-order valence-corrected chi connectivity index (χ1v) is 11.0. The molecule has 34 heavy (non-hydrogen) atoms. The van der Waals surface area contributed by atoms with Gasteiger partial charge in [0.15, 0.2) is 6.10 Å². The Kier molecular flexibility index (Phi) is 6.88. The van der Waals surface area contributed by atoms with Crippen LogP contribution in [0.3, 0.4) is 0 Å². The Balaban J connectivity index is 1.24. The van der Waals surface area contributed by atoms with Crippen LogP contribution in [0.2, 0.25) is 5.02 Å².